The Morgan fingerprint density at radius 3 is 2.67 bits per heavy atom. The molecule has 0 saturated heterocycles. The van der Waals surface area contributed by atoms with Gasteiger partial charge in [0.25, 0.3) is 0 Å². The Morgan fingerprint density at radius 1 is 1.22 bits per heavy atom. The van der Waals surface area contributed by atoms with Gasteiger partial charge < -0.3 is 10.4 Å². The van der Waals surface area contributed by atoms with Crippen molar-refractivity contribution in [3.8, 4) is 0 Å². The van der Waals surface area contributed by atoms with Crippen LogP contribution in [0.1, 0.15) is 22.8 Å². The van der Waals surface area contributed by atoms with E-state index in [1.54, 1.807) is 6.20 Å². The lowest BCUT2D eigenvalue weighted by atomic mass is 10.1. The molecule has 138 valence electrons. The number of carbonyl (C=O) groups excluding carboxylic acids is 1. The number of rotatable bonds is 5. The van der Waals surface area contributed by atoms with Gasteiger partial charge in [0.1, 0.15) is 6.34 Å². The first kappa shape index (κ1) is 18.3. The molecule has 0 saturated carbocycles. The summed E-state index contributed by atoms with van der Waals surface area (Å²) in [5.41, 5.74) is 8.05. The number of fused-ring (bicyclic) bond motifs is 1. The SMILES string of the molecule is C[C@H](SC1(c2c(Cl)cncc2Cl)N=CNN1)C(=O)c1c[nH]c2ccccc12. The van der Waals surface area contributed by atoms with Crippen molar-refractivity contribution in [1.29, 1.82) is 0 Å². The Bertz CT molecular complexity index is 1030. The van der Waals surface area contributed by atoms with Crippen molar-refractivity contribution in [3.63, 3.8) is 0 Å². The summed E-state index contributed by atoms with van der Waals surface area (Å²) in [5.74, 6) is -0.0120. The molecular formula is C18H15Cl2N5OS. The predicted molar refractivity (Wildman–Crippen MR) is 110 cm³/mol. The monoisotopic (exact) mass is 419 g/mol. The van der Waals surface area contributed by atoms with Crippen LogP contribution in [-0.2, 0) is 4.99 Å². The van der Waals surface area contributed by atoms with Crippen LogP contribution < -0.4 is 10.9 Å². The number of carbonyl (C=O) groups is 1. The van der Waals surface area contributed by atoms with Crippen molar-refractivity contribution >= 4 is 58.0 Å². The Labute approximate surface area is 169 Å². The maximum Gasteiger partial charge on any atom is 0.205 e. The molecule has 0 spiro atoms. The smallest absolute Gasteiger partial charge is 0.205 e. The Hall–Kier alpha value is -2.06. The van der Waals surface area contributed by atoms with Gasteiger partial charge in [-0.3, -0.25) is 9.78 Å². The quantitative estimate of drug-likeness (QED) is 0.541. The van der Waals surface area contributed by atoms with Crippen molar-refractivity contribution in [3.05, 3.63) is 64.0 Å². The number of Topliss-reactive ketones (excluding diaryl/α,β-unsaturated/α-hetero) is 1. The van der Waals surface area contributed by atoms with E-state index in [1.807, 2.05) is 31.2 Å². The molecule has 3 aromatic rings. The lowest BCUT2D eigenvalue weighted by molar-refractivity contribution is 0.0995. The fourth-order valence-electron chi connectivity index (χ4n) is 3.07. The number of benzene rings is 1. The molecule has 6 nitrogen and oxygen atoms in total. The number of ketones is 1. The number of H-pyrrole nitrogens is 1. The molecule has 3 heterocycles. The molecule has 27 heavy (non-hydrogen) atoms. The number of hydrazine groups is 1. The van der Waals surface area contributed by atoms with Crippen LogP contribution in [0.25, 0.3) is 10.9 Å². The lowest BCUT2D eigenvalue weighted by Gasteiger charge is -2.29. The van der Waals surface area contributed by atoms with E-state index >= 15 is 0 Å². The first-order chi connectivity index (χ1) is 13.0. The average Bonchev–Trinajstić information content (AvgIpc) is 3.28. The van der Waals surface area contributed by atoms with Gasteiger partial charge in [0.2, 0.25) is 4.99 Å². The Kier molecular flexibility index (Phi) is 4.86. The van der Waals surface area contributed by atoms with E-state index in [4.69, 9.17) is 23.2 Å². The summed E-state index contributed by atoms with van der Waals surface area (Å²) in [5, 5.41) is 1.21. The fourth-order valence-corrected chi connectivity index (χ4v) is 5.14. The van der Waals surface area contributed by atoms with Crippen LogP contribution in [-0.4, -0.2) is 27.3 Å². The summed E-state index contributed by atoms with van der Waals surface area (Å²) >= 11 is 14.0. The second kappa shape index (κ2) is 7.16. The van der Waals surface area contributed by atoms with E-state index in [9.17, 15) is 4.79 Å². The third kappa shape index (κ3) is 3.21. The van der Waals surface area contributed by atoms with Crippen molar-refractivity contribution in [2.75, 3.05) is 0 Å². The highest BCUT2D eigenvalue weighted by molar-refractivity contribution is 8.01. The van der Waals surface area contributed by atoms with Crippen molar-refractivity contribution in [2.24, 2.45) is 4.99 Å². The molecule has 1 aliphatic rings. The van der Waals surface area contributed by atoms with Gasteiger partial charge in [-0.25, -0.2) is 4.99 Å². The summed E-state index contributed by atoms with van der Waals surface area (Å²) in [6, 6.07) is 7.71. The van der Waals surface area contributed by atoms with Gasteiger partial charge in [-0.05, 0) is 13.0 Å². The molecule has 0 aliphatic carbocycles. The van der Waals surface area contributed by atoms with Gasteiger partial charge in [-0.2, -0.15) is 5.43 Å². The number of para-hydroxylation sites is 1. The lowest BCUT2D eigenvalue weighted by Crippen LogP contribution is -2.42. The maximum absolute atomic E-state index is 13.1. The first-order valence-corrected chi connectivity index (χ1v) is 9.79. The van der Waals surface area contributed by atoms with Crippen LogP contribution in [0.5, 0.6) is 0 Å². The number of hydrogen-bond donors (Lipinski definition) is 3. The molecule has 1 aromatic carbocycles. The van der Waals surface area contributed by atoms with Crippen LogP contribution in [0.4, 0.5) is 0 Å². The van der Waals surface area contributed by atoms with Crippen LogP contribution in [0, 0.1) is 0 Å². The van der Waals surface area contributed by atoms with Crippen molar-refractivity contribution in [1.82, 2.24) is 20.8 Å². The van der Waals surface area contributed by atoms with Gasteiger partial charge in [-0.15, -0.1) is 0 Å². The molecule has 2 atom stereocenters. The van der Waals surface area contributed by atoms with E-state index in [1.165, 1.54) is 30.5 Å². The highest BCUT2D eigenvalue weighted by Crippen LogP contribution is 2.45. The van der Waals surface area contributed by atoms with E-state index in [-0.39, 0.29) is 5.78 Å². The zero-order valence-corrected chi connectivity index (χ0v) is 16.5. The summed E-state index contributed by atoms with van der Waals surface area (Å²) in [6.45, 7) is 1.84. The minimum absolute atomic E-state index is 0.0120. The highest BCUT2D eigenvalue weighted by atomic mass is 35.5. The fraction of sp³-hybridized carbons (Fsp3) is 0.167. The average molecular weight is 420 g/mol. The standard InChI is InChI=1S/C18H15Cl2N5OS/c1-10(17(26)12-6-22-15-5-3-2-4-11(12)15)27-18(23-9-24-25-18)16-13(19)7-21-8-14(16)20/h2-10,22,25H,1H3,(H,23,24)/t10-,18?/m0/s1. The molecule has 0 bridgehead atoms. The molecule has 0 fully saturated rings. The van der Waals surface area contributed by atoms with Gasteiger partial charge in [0.05, 0.1) is 15.3 Å². The summed E-state index contributed by atoms with van der Waals surface area (Å²) in [4.78, 5) is 23.7. The van der Waals surface area contributed by atoms with Gasteiger partial charge in [0.15, 0.2) is 5.78 Å². The number of pyridine rings is 1. The Morgan fingerprint density at radius 2 is 1.96 bits per heavy atom. The van der Waals surface area contributed by atoms with Crippen molar-refractivity contribution < 1.29 is 4.79 Å². The van der Waals surface area contributed by atoms with Crippen LogP contribution >= 0.6 is 35.0 Å². The van der Waals surface area contributed by atoms with Gasteiger partial charge >= 0.3 is 0 Å². The summed E-state index contributed by atoms with van der Waals surface area (Å²) < 4.78 is 0. The zero-order chi connectivity index (χ0) is 19.0. The minimum Gasteiger partial charge on any atom is -0.360 e. The predicted octanol–water partition coefficient (Wildman–Crippen LogP) is 4.12. The third-order valence-corrected chi connectivity index (χ3v) is 6.21. The van der Waals surface area contributed by atoms with E-state index in [2.05, 4.69) is 25.8 Å². The topological polar surface area (TPSA) is 82.2 Å². The van der Waals surface area contributed by atoms with Gasteiger partial charge in [0, 0.05) is 40.6 Å². The first-order valence-electron chi connectivity index (χ1n) is 8.16. The molecule has 1 aliphatic heterocycles. The van der Waals surface area contributed by atoms with E-state index in [0.717, 1.165) is 10.9 Å². The number of hydrogen-bond acceptors (Lipinski definition) is 6. The summed E-state index contributed by atoms with van der Waals surface area (Å²) in [6.07, 6.45) is 6.27. The molecule has 3 N–H and O–H groups in total. The highest BCUT2D eigenvalue weighted by Gasteiger charge is 2.41. The third-order valence-electron chi connectivity index (χ3n) is 4.32. The van der Waals surface area contributed by atoms with E-state index in [0.29, 0.717) is 21.2 Å². The second-order valence-electron chi connectivity index (χ2n) is 6.02. The molecule has 4 rings (SSSR count). The number of nitrogens with zero attached hydrogens (tertiary/aromatic N) is 2. The second-order valence-corrected chi connectivity index (χ2v) is 8.37. The normalized spacial score (nSPS) is 20.0. The van der Waals surface area contributed by atoms with Crippen molar-refractivity contribution in [2.45, 2.75) is 17.2 Å². The van der Waals surface area contributed by atoms with Crippen LogP contribution in [0.3, 0.4) is 0 Å². The summed E-state index contributed by atoms with van der Waals surface area (Å²) in [7, 11) is 0. The molecular weight excluding hydrogens is 405 g/mol. The van der Waals surface area contributed by atoms with Gasteiger partial charge in [-0.1, -0.05) is 53.2 Å². The molecule has 0 radical (unpaired) electrons. The van der Waals surface area contributed by atoms with Crippen LogP contribution in [0.15, 0.2) is 47.8 Å². The number of aliphatic imine (C=N–C) groups is 1. The largest absolute Gasteiger partial charge is 0.360 e. The number of halogens is 2. The zero-order valence-electron chi connectivity index (χ0n) is 14.2. The Balaban J connectivity index is 1.68. The number of thioether (sulfide) groups is 1. The minimum atomic E-state index is -1.03. The maximum atomic E-state index is 13.1. The molecule has 2 aromatic heterocycles. The number of aromatic amines is 1. The van der Waals surface area contributed by atoms with Crippen LogP contribution in [0.2, 0.25) is 10.0 Å². The number of nitrogens with one attached hydrogen (secondary N) is 3. The molecule has 1 unspecified atom stereocenters. The molecule has 0 amide bonds. The molecule has 9 heteroatoms. The van der Waals surface area contributed by atoms with E-state index < -0.39 is 10.2 Å². The number of aromatic nitrogens is 2.